The Kier molecular flexibility index (Phi) is 4.54. The Morgan fingerprint density at radius 2 is 2.00 bits per heavy atom. The molecule has 1 aliphatic rings. The third kappa shape index (κ3) is 4.53. The topological polar surface area (TPSA) is 70.0 Å². The normalized spacial score (nSPS) is 21.4. The van der Waals surface area contributed by atoms with Crippen molar-refractivity contribution in [3.63, 3.8) is 0 Å². The number of rotatable bonds is 4. The minimum Gasteiger partial charge on any atom is -0.304 e. The lowest BCUT2D eigenvalue weighted by molar-refractivity contribution is 0.120. The van der Waals surface area contributed by atoms with E-state index in [9.17, 15) is 4.57 Å². The Hall–Kier alpha value is 0.0700. The molecule has 1 heterocycles. The van der Waals surface area contributed by atoms with Crippen LogP contribution in [0, 0.1) is 5.92 Å². The van der Waals surface area contributed by atoms with Crippen molar-refractivity contribution in [2.75, 3.05) is 26.2 Å². The smallest absolute Gasteiger partial charge is 0.304 e. The van der Waals surface area contributed by atoms with Crippen molar-refractivity contribution in [3.8, 4) is 0 Å². The van der Waals surface area contributed by atoms with Gasteiger partial charge in [0, 0.05) is 0 Å². The number of piperidine rings is 1. The zero-order valence-corrected chi connectivity index (χ0v) is 9.32. The lowest BCUT2D eigenvalue weighted by Gasteiger charge is -2.30. The number of likely N-dealkylation sites (tertiary alicyclic amines) is 1. The number of hydrogen-bond acceptors (Lipinski definition) is 3. The second-order valence-corrected chi connectivity index (χ2v) is 4.90. The predicted molar refractivity (Wildman–Crippen MR) is 52.8 cm³/mol. The molecule has 0 aromatic rings. The Morgan fingerprint density at radius 3 is 2.43 bits per heavy atom. The summed E-state index contributed by atoms with van der Waals surface area (Å²) in [6.45, 7) is 5.36. The van der Waals surface area contributed by atoms with Crippen LogP contribution in [0.25, 0.3) is 0 Å². The molecule has 0 amide bonds. The van der Waals surface area contributed by atoms with Crippen LogP contribution >= 0.6 is 7.82 Å². The van der Waals surface area contributed by atoms with Gasteiger partial charge in [-0.05, 0) is 38.4 Å². The molecule has 0 aliphatic carbocycles. The molecule has 0 aromatic carbocycles. The van der Waals surface area contributed by atoms with Gasteiger partial charge in [-0.25, -0.2) is 4.57 Å². The van der Waals surface area contributed by atoms with Gasteiger partial charge in [0.25, 0.3) is 0 Å². The highest BCUT2D eigenvalue weighted by Crippen LogP contribution is 2.37. The van der Waals surface area contributed by atoms with Gasteiger partial charge in [-0.1, -0.05) is 6.92 Å². The van der Waals surface area contributed by atoms with Crippen LogP contribution in [-0.2, 0) is 9.09 Å². The third-order valence-corrected chi connectivity index (χ3v) is 3.12. The molecule has 0 unspecified atom stereocenters. The summed E-state index contributed by atoms with van der Waals surface area (Å²) in [6, 6.07) is 0. The summed E-state index contributed by atoms with van der Waals surface area (Å²) in [5, 5.41) is 0. The maximum atomic E-state index is 10.5. The fraction of sp³-hybridized carbons (Fsp3) is 1.00. The van der Waals surface area contributed by atoms with Crippen molar-refractivity contribution >= 4 is 7.82 Å². The minimum atomic E-state index is -4.27. The molecular weight excluding hydrogens is 205 g/mol. The molecule has 6 heteroatoms. The molecule has 0 bridgehead atoms. The summed E-state index contributed by atoms with van der Waals surface area (Å²) >= 11 is 0. The largest absolute Gasteiger partial charge is 0.469 e. The highest BCUT2D eigenvalue weighted by Gasteiger charge is 2.22. The van der Waals surface area contributed by atoms with E-state index in [1.807, 2.05) is 0 Å². The molecule has 2 N–H and O–H groups in total. The van der Waals surface area contributed by atoms with E-state index in [-0.39, 0.29) is 6.61 Å². The molecule has 1 fully saturated rings. The first-order valence-electron chi connectivity index (χ1n) is 4.93. The van der Waals surface area contributed by atoms with Gasteiger partial charge in [0.05, 0.1) is 6.61 Å². The molecule has 1 aliphatic heterocycles. The number of nitrogens with zero attached hydrogens (tertiary/aromatic N) is 1. The number of hydrogen-bond donors (Lipinski definition) is 2. The lowest BCUT2D eigenvalue weighted by atomic mass is 9.98. The van der Waals surface area contributed by atoms with E-state index in [2.05, 4.69) is 16.3 Å². The maximum absolute atomic E-state index is 10.5. The van der Waals surface area contributed by atoms with E-state index in [0.717, 1.165) is 32.5 Å². The van der Waals surface area contributed by atoms with Crippen LogP contribution in [0.1, 0.15) is 19.8 Å². The van der Waals surface area contributed by atoms with E-state index >= 15 is 0 Å². The lowest BCUT2D eigenvalue weighted by Crippen LogP contribution is -2.34. The van der Waals surface area contributed by atoms with Crippen LogP contribution in [0.5, 0.6) is 0 Å². The Labute approximate surface area is 84.3 Å². The molecule has 0 atom stereocenters. The third-order valence-electron chi connectivity index (χ3n) is 2.63. The fourth-order valence-corrected chi connectivity index (χ4v) is 2.08. The van der Waals surface area contributed by atoms with Crippen LogP contribution in [0.2, 0.25) is 0 Å². The zero-order valence-electron chi connectivity index (χ0n) is 8.43. The molecule has 14 heavy (non-hydrogen) atoms. The summed E-state index contributed by atoms with van der Waals surface area (Å²) < 4.78 is 14.9. The van der Waals surface area contributed by atoms with Gasteiger partial charge in [-0.3, -0.25) is 4.52 Å². The van der Waals surface area contributed by atoms with E-state index in [4.69, 9.17) is 9.79 Å². The van der Waals surface area contributed by atoms with Crippen molar-refractivity contribution in [2.45, 2.75) is 19.8 Å². The standard InChI is InChI=1S/C8H18NO4P/c1-2-9-5-3-8(4-6-9)7-13-14(10,11)12/h8H,2-7H2,1H3,(H2,10,11,12). The van der Waals surface area contributed by atoms with Crippen LogP contribution in [-0.4, -0.2) is 40.9 Å². The second kappa shape index (κ2) is 5.24. The quantitative estimate of drug-likeness (QED) is 0.691. The van der Waals surface area contributed by atoms with Gasteiger partial charge >= 0.3 is 7.82 Å². The van der Waals surface area contributed by atoms with E-state index < -0.39 is 7.82 Å². The molecule has 84 valence electrons. The van der Waals surface area contributed by atoms with Crippen LogP contribution in [0.3, 0.4) is 0 Å². The Balaban J connectivity index is 2.19. The van der Waals surface area contributed by atoms with Crippen molar-refractivity contribution < 1.29 is 18.9 Å². The highest BCUT2D eigenvalue weighted by molar-refractivity contribution is 7.46. The van der Waals surface area contributed by atoms with Crippen molar-refractivity contribution in [1.82, 2.24) is 4.90 Å². The van der Waals surface area contributed by atoms with Crippen molar-refractivity contribution in [2.24, 2.45) is 5.92 Å². The van der Waals surface area contributed by atoms with E-state index in [0.29, 0.717) is 5.92 Å². The Bertz CT molecular complexity index is 209. The molecule has 5 nitrogen and oxygen atoms in total. The summed E-state index contributed by atoms with van der Waals surface area (Å²) in [5.41, 5.74) is 0. The SMILES string of the molecule is CCN1CCC(COP(=O)(O)O)CC1. The van der Waals surface area contributed by atoms with Gasteiger partial charge in [0.2, 0.25) is 0 Å². The average Bonchev–Trinajstić information content (AvgIpc) is 2.14. The first kappa shape index (κ1) is 12.1. The summed E-state index contributed by atoms with van der Waals surface area (Å²) in [7, 11) is -4.27. The van der Waals surface area contributed by atoms with Gasteiger partial charge in [0.15, 0.2) is 0 Å². The van der Waals surface area contributed by atoms with Crippen LogP contribution < -0.4 is 0 Å². The molecule has 0 radical (unpaired) electrons. The number of phosphoric ester groups is 1. The summed E-state index contributed by atoms with van der Waals surface area (Å²) in [6.07, 6.45) is 1.93. The predicted octanol–water partition coefficient (Wildman–Crippen LogP) is 0.828. The molecule has 1 rings (SSSR count). The number of phosphoric acid groups is 1. The van der Waals surface area contributed by atoms with Gasteiger partial charge < -0.3 is 14.7 Å². The van der Waals surface area contributed by atoms with Crippen molar-refractivity contribution in [3.05, 3.63) is 0 Å². The fourth-order valence-electron chi connectivity index (χ4n) is 1.67. The van der Waals surface area contributed by atoms with E-state index in [1.165, 1.54) is 0 Å². The molecule has 0 aromatic heterocycles. The summed E-state index contributed by atoms with van der Waals surface area (Å²) in [4.78, 5) is 19.4. The average molecular weight is 223 g/mol. The monoisotopic (exact) mass is 223 g/mol. The summed E-state index contributed by atoms with van der Waals surface area (Å²) in [5.74, 6) is 0.297. The minimum absolute atomic E-state index is 0.182. The Morgan fingerprint density at radius 1 is 1.43 bits per heavy atom. The van der Waals surface area contributed by atoms with Gasteiger partial charge in [-0.15, -0.1) is 0 Å². The zero-order chi connectivity index (χ0) is 10.6. The van der Waals surface area contributed by atoms with Crippen LogP contribution in [0.4, 0.5) is 0 Å². The van der Waals surface area contributed by atoms with E-state index in [1.54, 1.807) is 0 Å². The molecule has 0 saturated carbocycles. The first-order valence-corrected chi connectivity index (χ1v) is 6.46. The van der Waals surface area contributed by atoms with Gasteiger partial charge in [0.1, 0.15) is 0 Å². The second-order valence-electron chi connectivity index (χ2n) is 3.66. The highest BCUT2D eigenvalue weighted by atomic mass is 31.2. The molecule has 1 saturated heterocycles. The molecular formula is C8H18NO4P. The molecule has 0 spiro atoms. The first-order chi connectivity index (χ1) is 6.51. The van der Waals surface area contributed by atoms with Crippen LogP contribution in [0.15, 0.2) is 0 Å². The van der Waals surface area contributed by atoms with Crippen molar-refractivity contribution in [1.29, 1.82) is 0 Å². The van der Waals surface area contributed by atoms with Gasteiger partial charge in [-0.2, -0.15) is 0 Å². The maximum Gasteiger partial charge on any atom is 0.469 e.